The lowest BCUT2D eigenvalue weighted by molar-refractivity contribution is 0.378. The molecule has 5 heteroatoms. The number of pyridine rings is 1. The van der Waals surface area contributed by atoms with Crippen molar-refractivity contribution in [1.29, 1.82) is 0 Å². The van der Waals surface area contributed by atoms with Crippen molar-refractivity contribution in [2.45, 2.75) is 13.3 Å². The molecule has 0 aliphatic carbocycles. The number of aryl methyl sites for hydroxylation is 1. The van der Waals surface area contributed by atoms with Gasteiger partial charge in [-0.05, 0) is 36.2 Å². The minimum absolute atomic E-state index is 0.265. The number of thiocarbonyl (C=S) groups is 1. The fourth-order valence-electron chi connectivity index (χ4n) is 1.73. The average molecular weight is 288 g/mol. The number of rotatable bonds is 5. The second-order valence-electron chi connectivity index (χ2n) is 4.18. The average Bonchev–Trinajstić information content (AvgIpc) is 2.48. The molecule has 1 aromatic carbocycles. The van der Waals surface area contributed by atoms with E-state index in [1.54, 1.807) is 25.4 Å². The van der Waals surface area contributed by atoms with E-state index in [2.05, 4.69) is 11.9 Å². The number of aromatic nitrogens is 1. The van der Waals surface area contributed by atoms with Crippen LogP contribution in [0.2, 0.25) is 0 Å². The number of ether oxygens (including phenoxy) is 2. The second kappa shape index (κ2) is 6.34. The van der Waals surface area contributed by atoms with Gasteiger partial charge in [0.25, 0.3) is 0 Å². The van der Waals surface area contributed by atoms with Crippen molar-refractivity contribution < 1.29 is 9.47 Å². The van der Waals surface area contributed by atoms with Gasteiger partial charge in [0.05, 0.1) is 19.0 Å². The zero-order valence-corrected chi connectivity index (χ0v) is 12.2. The Bertz CT molecular complexity index is 612. The maximum atomic E-state index is 5.76. The van der Waals surface area contributed by atoms with E-state index < -0.39 is 0 Å². The summed E-state index contributed by atoms with van der Waals surface area (Å²) in [6.45, 7) is 2.09. The predicted octanol–water partition coefficient (Wildman–Crippen LogP) is 3.08. The van der Waals surface area contributed by atoms with Gasteiger partial charge < -0.3 is 15.2 Å². The summed E-state index contributed by atoms with van der Waals surface area (Å²) in [5.74, 6) is 1.95. The summed E-state index contributed by atoms with van der Waals surface area (Å²) in [5.41, 5.74) is 7.26. The van der Waals surface area contributed by atoms with Crippen molar-refractivity contribution in [3.8, 4) is 17.2 Å². The molecule has 4 nitrogen and oxygen atoms in total. The highest BCUT2D eigenvalue weighted by atomic mass is 32.1. The lowest BCUT2D eigenvalue weighted by atomic mass is 10.1. The smallest absolute Gasteiger partial charge is 0.169 e. The van der Waals surface area contributed by atoms with Crippen molar-refractivity contribution in [2.75, 3.05) is 7.11 Å². The van der Waals surface area contributed by atoms with Crippen LogP contribution in [0.15, 0.2) is 36.5 Å². The van der Waals surface area contributed by atoms with Crippen molar-refractivity contribution >= 4 is 17.2 Å². The van der Waals surface area contributed by atoms with Crippen LogP contribution in [0.5, 0.6) is 17.2 Å². The topological polar surface area (TPSA) is 57.4 Å². The monoisotopic (exact) mass is 288 g/mol. The molecular weight excluding hydrogens is 272 g/mol. The molecule has 0 spiro atoms. The molecule has 1 heterocycles. The minimum atomic E-state index is 0.265. The first kappa shape index (κ1) is 14.3. The number of nitrogens with zero attached hydrogens (tertiary/aromatic N) is 1. The summed E-state index contributed by atoms with van der Waals surface area (Å²) in [5, 5.41) is 0. The molecular formula is C15H16N2O2S. The standard InChI is InChI=1S/C15H16N2O2S/c1-3-10-4-7-13(14(8-10)18-2)19-11-5-6-12(15(16)20)17-9-11/h4-9H,3H2,1-2H3,(H2,16,20). The fraction of sp³-hybridized carbons (Fsp3) is 0.200. The van der Waals surface area contributed by atoms with Crippen LogP contribution in [0.3, 0.4) is 0 Å². The molecule has 0 radical (unpaired) electrons. The van der Waals surface area contributed by atoms with Crippen LogP contribution in [-0.4, -0.2) is 17.1 Å². The van der Waals surface area contributed by atoms with Crippen molar-refractivity contribution in [3.05, 3.63) is 47.8 Å². The molecule has 0 aliphatic rings. The van der Waals surface area contributed by atoms with E-state index in [-0.39, 0.29) is 4.99 Å². The maximum absolute atomic E-state index is 5.76. The number of hydrogen-bond donors (Lipinski definition) is 1. The molecule has 0 saturated carbocycles. The predicted molar refractivity (Wildman–Crippen MR) is 82.6 cm³/mol. The Labute approximate surface area is 123 Å². The largest absolute Gasteiger partial charge is 0.493 e. The van der Waals surface area contributed by atoms with Gasteiger partial charge in [-0.3, -0.25) is 0 Å². The highest BCUT2D eigenvalue weighted by Crippen LogP contribution is 2.32. The zero-order valence-electron chi connectivity index (χ0n) is 11.4. The van der Waals surface area contributed by atoms with Gasteiger partial charge in [0.2, 0.25) is 0 Å². The first-order valence-corrected chi connectivity index (χ1v) is 6.65. The second-order valence-corrected chi connectivity index (χ2v) is 4.62. The van der Waals surface area contributed by atoms with Gasteiger partial charge in [-0.15, -0.1) is 0 Å². The summed E-state index contributed by atoms with van der Waals surface area (Å²) in [6.07, 6.45) is 2.53. The van der Waals surface area contributed by atoms with Crippen LogP contribution in [0.1, 0.15) is 18.2 Å². The first-order valence-electron chi connectivity index (χ1n) is 6.24. The summed E-state index contributed by atoms with van der Waals surface area (Å²) in [6, 6.07) is 9.36. The molecule has 1 aromatic heterocycles. The molecule has 0 bridgehead atoms. The van der Waals surface area contributed by atoms with Crippen LogP contribution in [0, 0.1) is 0 Å². The molecule has 2 rings (SSSR count). The normalized spacial score (nSPS) is 10.1. The molecule has 2 N–H and O–H groups in total. The van der Waals surface area contributed by atoms with Crippen LogP contribution in [0.25, 0.3) is 0 Å². The van der Waals surface area contributed by atoms with E-state index in [1.165, 1.54) is 5.56 Å². The fourth-order valence-corrected chi connectivity index (χ4v) is 1.85. The van der Waals surface area contributed by atoms with Gasteiger partial charge in [-0.25, -0.2) is 4.98 Å². The molecule has 0 saturated heterocycles. The van der Waals surface area contributed by atoms with Crippen molar-refractivity contribution in [1.82, 2.24) is 4.98 Å². The third kappa shape index (κ3) is 3.24. The van der Waals surface area contributed by atoms with E-state index >= 15 is 0 Å². The molecule has 0 aliphatic heterocycles. The minimum Gasteiger partial charge on any atom is -0.493 e. The van der Waals surface area contributed by atoms with E-state index in [9.17, 15) is 0 Å². The van der Waals surface area contributed by atoms with E-state index in [1.807, 2.05) is 18.2 Å². The Morgan fingerprint density at radius 2 is 2.05 bits per heavy atom. The van der Waals surface area contributed by atoms with Gasteiger partial charge in [-0.1, -0.05) is 25.2 Å². The Kier molecular flexibility index (Phi) is 4.53. The third-order valence-corrected chi connectivity index (χ3v) is 3.06. The van der Waals surface area contributed by atoms with E-state index in [0.717, 1.165) is 6.42 Å². The SMILES string of the molecule is CCc1ccc(Oc2ccc(C(N)=S)nc2)c(OC)c1. The molecule has 0 atom stereocenters. The van der Waals surface area contributed by atoms with Gasteiger partial charge in [0.1, 0.15) is 10.7 Å². The Morgan fingerprint density at radius 3 is 2.60 bits per heavy atom. The third-order valence-electron chi connectivity index (χ3n) is 2.85. The van der Waals surface area contributed by atoms with Gasteiger partial charge in [0, 0.05) is 0 Å². The van der Waals surface area contributed by atoms with Crippen LogP contribution < -0.4 is 15.2 Å². The Hall–Kier alpha value is -2.14. The highest BCUT2D eigenvalue weighted by molar-refractivity contribution is 7.80. The summed E-state index contributed by atoms with van der Waals surface area (Å²) >= 11 is 4.86. The molecule has 0 amide bonds. The van der Waals surface area contributed by atoms with Crippen LogP contribution in [-0.2, 0) is 6.42 Å². The number of methoxy groups -OCH3 is 1. The summed E-state index contributed by atoms with van der Waals surface area (Å²) in [7, 11) is 1.62. The quantitative estimate of drug-likeness (QED) is 0.857. The number of hydrogen-bond acceptors (Lipinski definition) is 4. The van der Waals surface area contributed by atoms with Crippen molar-refractivity contribution in [3.63, 3.8) is 0 Å². The number of benzene rings is 1. The van der Waals surface area contributed by atoms with Crippen LogP contribution in [0.4, 0.5) is 0 Å². The Morgan fingerprint density at radius 1 is 1.25 bits per heavy atom. The van der Waals surface area contributed by atoms with Crippen molar-refractivity contribution in [2.24, 2.45) is 5.73 Å². The molecule has 2 aromatic rings. The van der Waals surface area contributed by atoms with E-state index in [0.29, 0.717) is 22.9 Å². The Balaban J connectivity index is 2.23. The molecule has 20 heavy (non-hydrogen) atoms. The highest BCUT2D eigenvalue weighted by Gasteiger charge is 2.07. The molecule has 104 valence electrons. The van der Waals surface area contributed by atoms with E-state index in [4.69, 9.17) is 27.4 Å². The lowest BCUT2D eigenvalue weighted by Crippen LogP contribution is -2.10. The maximum Gasteiger partial charge on any atom is 0.169 e. The first-order chi connectivity index (χ1) is 9.63. The summed E-state index contributed by atoms with van der Waals surface area (Å²) in [4.78, 5) is 4.40. The molecule has 0 fully saturated rings. The zero-order chi connectivity index (χ0) is 14.5. The lowest BCUT2D eigenvalue weighted by Gasteiger charge is -2.11. The van der Waals surface area contributed by atoms with Gasteiger partial charge in [0.15, 0.2) is 11.5 Å². The van der Waals surface area contributed by atoms with Gasteiger partial charge in [-0.2, -0.15) is 0 Å². The summed E-state index contributed by atoms with van der Waals surface area (Å²) < 4.78 is 11.1. The number of nitrogens with two attached hydrogens (primary N) is 1. The van der Waals surface area contributed by atoms with Crippen LogP contribution >= 0.6 is 12.2 Å². The molecule has 0 unspecified atom stereocenters. The van der Waals surface area contributed by atoms with Gasteiger partial charge >= 0.3 is 0 Å².